The number of hydrogen-bond acceptors (Lipinski definition) is 2. The van der Waals surface area contributed by atoms with E-state index in [0.717, 1.165) is 37.8 Å². The molecule has 0 radical (unpaired) electrons. The van der Waals surface area contributed by atoms with Crippen LogP contribution in [0.25, 0.3) is 0 Å². The molecule has 3 aromatic rings. The van der Waals surface area contributed by atoms with Crippen LogP contribution in [0.1, 0.15) is 22.5 Å². The van der Waals surface area contributed by atoms with Gasteiger partial charge in [-0.15, -0.1) is 24.0 Å². The standard InChI is InChI=1S/C22H27N5.HI/c1-18-7-6-10-20(15-18)16-26-22(23-2)25-12-11-21-24-13-14-27(21)17-19-8-4-3-5-9-19;/h3-10,13-15H,11-12,16-17H2,1-2H3,(H2,23,25,26);1H. The fourth-order valence-electron chi connectivity index (χ4n) is 3.01. The number of imidazole rings is 1. The molecule has 0 amide bonds. The van der Waals surface area contributed by atoms with Crippen molar-refractivity contribution in [3.63, 3.8) is 0 Å². The number of halogens is 1. The van der Waals surface area contributed by atoms with Gasteiger partial charge in [0.1, 0.15) is 5.82 Å². The maximum Gasteiger partial charge on any atom is 0.191 e. The molecule has 0 fully saturated rings. The second-order valence-corrected chi connectivity index (χ2v) is 6.55. The van der Waals surface area contributed by atoms with Crippen molar-refractivity contribution >= 4 is 29.9 Å². The molecule has 0 atom stereocenters. The summed E-state index contributed by atoms with van der Waals surface area (Å²) in [5, 5.41) is 6.73. The summed E-state index contributed by atoms with van der Waals surface area (Å²) in [5.74, 6) is 1.87. The number of nitrogens with zero attached hydrogens (tertiary/aromatic N) is 3. The maximum absolute atomic E-state index is 4.50. The van der Waals surface area contributed by atoms with E-state index in [1.54, 1.807) is 7.05 Å². The smallest absolute Gasteiger partial charge is 0.191 e. The minimum absolute atomic E-state index is 0. The summed E-state index contributed by atoms with van der Waals surface area (Å²) in [7, 11) is 1.79. The number of aromatic nitrogens is 2. The summed E-state index contributed by atoms with van der Waals surface area (Å²) in [6, 6.07) is 18.9. The van der Waals surface area contributed by atoms with Crippen LogP contribution in [0.3, 0.4) is 0 Å². The predicted octanol–water partition coefficient (Wildman–Crippen LogP) is 3.77. The van der Waals surface area contributed by atoms with Crippen molar-refractivity contribution in [3.8, 4) is 0 Å². The van der Waals surface area contributed by atoms with Gasteiger partial charge < -0.3 is 15.2 Å². The van der Waals surface area contributed by atoms with E-state index in [4.69, 9.17) is 0 Å². The number of rotatable bonds is 7. The van der Waals surface area contributed by atoms with Crippen molar-refractivity contribution in [3.05, 3.63) is 89.5 Å². The van der Waals surface area contributed by atoms with Gasteiger partial charge in [0.05, 0.1) is 0 Å². The first kappa shape index (κ1) is 21.9. The number of hydrogen-bond donors (Lipinski definition) is 2. The Hall–Kier alpha value is -2.35. The van der Waals surface area contributed by atoms with E-state index < -0.39 is 0 Å². The Kier molecular flexibility index (Phi) is 9.00. The number of guanidine groups is 1. The Morgan fingerprint density at radius 1 is 1.04 bits per heavy atom. The number of nitrogens with one attached hydrogen (secondary N) is 2. The molecule has 0 saturated carbocycles. The third-order valence-electron chi connectivity index (χ3n) is 4.40. The minimum atomic E-state index is 0. The number of aliphatic imine (C=N–C) groups is 1. The zero-order valence-electron chi connectivity index (χ0n) is 16.4. The second-order valence-electron chi connectivity index (χ2n) is 6.55. The summed E-state index contributed by atoms with van der Waals surface area (Å²) in [4.78, 5) is 8.80. The van der Waals surface area contributed by atoms with Crippen molar-refractivity contribution in [2.75, 3.05) is 13.6 Å². The van der Waals surface area contributed by atoms with Crippen LogP contribution in [-0.4, -0.2) is 29.1 Å². The highest BCUT2D eigenvalue weighted by atomic mass is 127. The van der Waals surface area contributed by atoms with Crippen LogP contribution >= 0.6 is 24.0 Å². The van der Waals surface area contributed by atoms with Gasteiger partial charge in [-0.1, -0.05) is 60.2 Å². The van der Waals surface area contributed by atoms with E-state index in [9.17, 15) is 0 Å². The zero-order valence-corrected chi connectivity index (χ0v) is 18.8. The van der Waals surface area contributed by atoms with Crippen LogP contribution in [0.4, 0.5) is 0 Å². The Morgan fingerprint density at radius 3 is 2.57 bits per heavy atom. The van der Waals surface area contributed by atoms with Gasteiger partial charge in [0.25, 0.3) is 0 Å². The van der Waals surface area contributed by atoms with Crippen LogP contribution < -0.4 is 10.6 Å². The minimum Gasteiger partial charge on any atom is -0.356 e. The van der Waals surface area contributed by atoms with Crippen molar-refractivity contribution in [1.29, 1.82) is 0 Å². The van der Waals surface area contributed by atoms with E-state index in [1.165, 1.54) is 16.7 Å². The van der Waals surface area contributed by atoms with Crippen molar-refractivity contribution in [2.45, 2.75) is 26.4 Å². The first-order valence-electron chi connectivity index (χ1n) is 9.28. The lowest BCUT2D eigenvalue weighted by Crippen LogP contribution is -2.38. The average molecular weight is 489 g/mol. The first-order chi connectivity index (χ1) is 13.2. The summed E-state index contributed by atoms with van der Waals surface area (Å²) >= 11 is 0. The van der Waals surface area contributed by atoms with Crippen LogP contribution in [-0.2, 0) is 19.5 Å². The van der Waals surface area contributed by atoms with Crippen LogP contribution in [0.2, 0.25) is 0 Å². The summed E-state index contributed by atoms with van der Waals surface area (Å²) in [6.07, 6.45) is 4.74. The van der Waals surface area contributed by atoms with Gasteiger partial charge in [-0.05, 0) is 18.1 Å². The van der Waals surface area contributed by atoms with Crippen LogP contribution in [0.5, 0.6) is 0 Å². The van der Waals surface area contributed by atoms with Gasteiger partial charge >= 0.3 is 0 Å². The summed E-state index contributed by atoms with van der Waals surface area (Å²) in [5.41, 5.74) is 3.79. The quantitative estimate of drug-likeness (QED) is 0.302. The fourth-order valence-corrected chi connectivity index (χ4v) is 3.01. The molecule has 0 saturated heterocycles. The third kappa shape index (κ3) is 6.67. The zero-order chi connectivity index (χ0) is 18.9. The van der Waals surface area contributed by atoms with Gasteiger partial charge in [-0.25, -0.2) is 4.98 Å². The molecular formula is C22H28IN5. The monoisotopic (exact) mass is 489 g/mol. The van der Waals surface area contributed by atoms with Gasteiger partial charge in [-0.2, -0.15) is 0 Å². The molecule has 6 heteroatoms. The number of benzene rings is 2. The fraction of sp³-hybridized carbons (Fsp3) is 0.273. The lowest BCUT2D eigenvalue weighted by Gasteiger charge is -2.13. The highest BCUT2D eigenvalue weighted by Gasteiger charge is 2.05. The van der Waals surface area contributed by atoms with Crippen LogP contribution in [0.15, 0.2) is 72.0 Å². The summed E-state index contributed by atoms with van der Waals surface area (Å²) in [6.45, 7) is 4.48. The Labute approximate surface area is 184 Å². The van der Waals surface area contributed by atoms with Gasteiger partial charge in [-0.3, -0.25) is 4.99 Å². The van der Waals surface area contributed by atoms with Crippen molar-refractivity contribution in [1.82, 2.24) is 20.2 Å². The van der Waals surface area contributed by atoms with Crippen LogP contribution in [0, 0.1) is 6.92 Å². The molecule has 0 aliphatic rings. The Bertz CT molecular complexity index is 873. The highest BCUT2D eigenvalue weighted by Crippen LogP contribution is 2.06. The summed E-state index contributed by atoms with van der Waals surface area (Å²) < 4.78 is 2.19. The van der Waals surface area contributed by atoms with Crippen molar-refractivity contribution in [2.24, 2.45) is 4.99 Å². The molecule has 1 aromatic heterocycles. The molecule has 28 heavy (non-hydrogen) atoms. The lowest BCUT2D eigenvalue weighted by atomic mass is 10.1. The van der Waals surface area contributed by atoms with E-state index in [2.05, 4.69) is 80.6 Å². The molecule has 0 aliphatic carbocycles. The van der Waals surface area contributed by atoms with Gasteiger partial charge in [0.15, 0.2) is 5.96 Å². The largest absolute Gasteiger partial charge is 0.356 e. The van der Waals surface area contributed by atoms with Gasteiger partial charge in [0, 0.05) is 45.5 Å². The maximum atomic E-state index is 4.50. The highest BCUT2D eigenvalue weighted by molar-refractivity contribution is 14.0. The number of aryl methyl sites for hydroxylation is 1. The second kappa shape index (κ2) is 11.5. The Morgan fingerprint density at radius 2 is 1.82 bits per heavy atom. The molecule has 0 bridgehead atoms. The molecular weight excluding hydrogens is 461 g/mol. The van der Waals surface area contributed by atoms with E-state index in [1.807, 2.05) is 18.5 Å². The lowest BCUT2D eigenvalue weighted by molar-refractivity contribution is 0.694. The normalized spacial score (nSPS) is 11.0. The third-order valence-corrected chi connectivity index (χ3v) is 4.40. The molecule has 3 rings (SSSR count). The molecule has 5 nitrogen and oxygen atoms in total. The molecule has 2 N–H and O–H groups in total. The van der Waals surface area contributed by atoms with Crippen molar-refractivity contribution < 1.29 is 0 Å². The SMILES string of the molecule is CN=C(NCCc1nccn1Cc1ccccc1)NCc1cccc(C)c1.I. The topological polar surface area (TPSA) is 54.2 Å². The molecule has 148 valence electrons. The molecule has 2 aromatic carbocycles. The van der Waals surface area contributed by atoms with E-state index in [0.29, 0.717) is 0 Å². The average Bonchev–Trinajstić information content (AvgIpc) is 3.12. The first-order valence-corrected chi connectivity index (χ1v) is 9.28. The molecule has 0 aliphatic heterocycles. The predicted molar refractivity (Wildman–Crippen MR) is 126 cm³/mol. The van der Waals surface area contributed by atoms with E-state index >= 15 is 0 Å². The van der Waals surface area contributed by atoms with Gasteiger partial charge in [0.2, 0.25) is 0 Å². The molecule has 0 spiro atoms. The molecule has 1 heterocycles. The van der Waals surface area contributed by atoms with E-state index in [-0.39, 0.29) is 24.0 Å². The molecule has 0 unspecified atom stereocenters. The Balaban J connectivity index is 0.00000280.